The summed E-state index contributed by atoms with van der Waals surface area (Å²) in [5.41, 5.74) is -1.35. The van der Waals surface area contributed by atoms with Crippen LogP contribution in [0.15, 0.2) is 12.2 Å². The fourth-order valence-corrected chi connectivity index (χ4v) is 1.63. The third kappa shape index (κ3) is 3.84. The zero-order chi connectivity index (χ0) is 13.7. The predicted octanol–water partition coefficient (Wildman–Crippen LogP) is 2.79. The van der Waals surface area contributed by atoms with E-state index in [1.54, 1.807) is 12.2 Å². The van der Waals surface area contributed by atoms with Crippen molar-refractivity contribution in [1.29, 1.82) is 0 Å². The zero-order valence-electron chi connectivity index (χ0n) is 11.9. The summed E-state index contributed by atoms with van der Waals surface area (Å²) in [7, 11) is 0. The first kappa shape index (κ1) is 16.2. The standard InChI is InChI=1S/C14H26O3/c1-7-8-14(10-15,13(4,5)6)12(16)17-9-11(2)3/h7-8,11,15H,9-10H2,1-6H3/b8-7+. The van der Waals surface area contributed by atoms with Crippen LogP contribution in [-0.4, -0.2) is 24.3 Å². The monoisotopic (exact) mass is 242 g/mol. The highest BCUT2D eigenvalue weighted by molar-refractivity contribution is 5.80. The van der Waals surface area contributed by atoms with Crippen LogP contribution >= 0.6 is 0 Å². The Morgan fingerprint density at radius 3 is 2.18 bits per heavy atom. The minimum Gasteiger partial charge on any atom is -0.465 e. The number of hydrogen-bond donors (Lipinski definition) is 1. The van der Waals surface area contributed by atoms with Crippen molar-refractivity contribution in [3.8, 4) is 0 Å². The van der Waals surface area contributed by atoms with E-state index in [9.17, 15) is 9.90 Å². The predicted molar refractivity (Wildman–Crippen MR) is 69.6 cm³/mol. The molecule has 0 aromatic rings. The smallest absolute Gasteiger partial charge is 0.318 e. The third-order valence-electron chi connectivity index (χ3n) is 2.95. The molecule has 0 fully saturated rings. The Kier molecular flexibility index (Phi) is 5.89. The van der Waals surface area contributed by atoms with E-state index in [0.29, 0.717) is 12.5 Å². The van der Waals surface area contributed by atoms with Crippen molar-refractivity contribution in [3.05, 3.63) is 12.2 Å². The Labute approximate surface area is 105 Å². The summed E-state index contributed by atoms with van der Waals surface area (Å²) in [5.74, 6) is -0.0554. The highest BCUT2D eigenvalue weighted by Crippen LogP contribution is 2.41. The number of esters is 1. The molecule has 0 radical (unpaired) electrons. The lowest BCUT2D eigenvalue weighted by atomic mass is 9.66. The second-order valence-electron chi connectivity index (χ2n) is 5.87. The van der Waals surface area contributed by atoms with E-state index < -0.39 is 5.41 Å². The Morgan fingerprint density at radius 1 is 1.35 bits per heavy atom. The third-order valence-corrected chi connectivity index (χ3v) is 2.95. The molecule has 0 amide bonds. The molecule has 0 aliphatic rings. The molecule has 0 spiro atoms. The first-order valence-corrected chi connectivity index (χ1v) is 6.13. The lowest BCUT2D eigenvalue weighted by molar-refractivity contribution is -0.163. The average Bonchev–Trinajstić information content (AvgIpc) is 2.20. The molecule has 0 aliphatic heterocycles. The van der Waals surface area contributed by atoms with Gasteiger partial charge in [-0.05, 0) is 18.3 Å². The fraction of sp³-hybridized carbons (Fsp3) is 0.786. The van der Waals surface area contributed by atoms with Crippen LogP contribution in [0.3, 0.4) is 0 Å². The summed E-state index contributed by atoms with van der Waals surface area (Å²) in [4.78, 5) is 12.2. The molecule has 0 saturated carbocycles. The number of aliphatic hydroxyl groups is 1. The Morgan fingerprint density at radius 2 is 1.88 bits per heavy atom. The summed E-state index contributed by atoms with van der Waals surface area (Å²) < 4.78 is 5.29. The Balaban J connectivity index is 5.11. The molecule has 3 nitrogen and oxygen atoms in total. The van der Waals surface area contributed by atoms with Gasteiger partial charge in [-0.1, -0.05) is 46.8 Å². The van der Waals surface area contributed by atoms with Crippen molar-refractivity contribution in [3.63, 3.8) is 0 Å². The average molecular weight is 242 g/mol. The van der Waals surface area contributed by atoms with Gasteiger partial charge >= 0.3 is 5.97 Å². The number of allylic oxidation sites excluding steroid dienone is 1. The maximum atomic E-state index is 12.2. The first-order valence-electron chi connectivity index (χ1n) is 6.13. The summed E-state index contributed by atoms with van der Waals surface area (Å²) in [5, 5.41) is 9.63. The molecule has 0 bridgehead atoms. The molecule has 1 N–H and O–H groups in total. The van der Waals surface area contributed by atoms with Crippen LogP contribution in [0.5, 0.6) is 0 Å². The van der Waals surface area contributed by atoms with Gasteiger partial charge in [-0.25, -0.2) is 0 Å². The largest absolute Gasteiger partial charge is 0.465 e. The van der Waals surface area contributed by atoms with Gasteiger partial charge in [-0.2, -0.15) is 0 Å². The molecule has 0 aliphatic carbocycles. The van der Waals surface area contributed by atoms with E-state index in [0.717, 1.165) is 0 Å². The normalized spacial score (nSPS) is 16.2. The fourth-order valence-electron chi connectivity index (χ4n) is 1.63. The zero-order valence-corrected chi connectivity index (χ0v) is 11.9. The molecule has 0 aromatic carbocycles. The maximum Gasteiger partial charge on any atom is 0.318 e. The van der Waals surface area contributed by atoms with Gasteiger partial charge < -0.3 is 9.84 Å². The van der Waals surface area contributed by atoms with Crippen molar-refractivity contribution >= 4 is 5.97 Å². The highest BCUT2D eigenvalue weighted by atomic mass is 16.5. The van der Waals surface area contributed by atoms with E-state index >= 15 is 0 Å². The lowest BCUT2D eigenvalue weighted by Gasteiger charge is -2.38. The van der Waals surface area contributed by atoms with Gasteiger partial charge in [-0.15, -0.1) is 0 Å². The van der Waals surface area contributed by atoms with Gasteiger partial charge in [0, 0.05) is 0 Å². The van der Waals surface area contributed by atoms with E-state index in [-0.39, 0.29) is 18.0 Å². The molecule has 0 heterocycles. The second kappa shape index (κ2) is 6.20. The van der Waals surface area contributed by atoms with Gasteiger partial charge in [0.05, 0.1) is 13.2 Å². The Bertz CT molecular complexity index is 274. The molecule has 0 saturated heterocycles. The second-order valence-corrected chi connectivity index (χ2v) is 5.87. The number of ether oxygens (including phenoxy) is 1. The lowest BCUT2D eigenvalue weighted by Crippen LogP contribution is -2.46. The van der Waals surface area contributed by atoms with Crippen LogP contribution in [0.1, 0.15) is 41.5 Å². The van der Waals surface area contributed by atoms with Gasteiger partial charge in [0.2, 0.25) is 0 Å². The van der Waals surface area contributed by atoms with E-state index in [2.05, 4.69) is 0 Å². The van der Waals surface area contributed by atoms with Crippen LogP contribution in [0.25, 0.3) is 0 Å². The van der Waals surface area contributed by atoms with Crippen LogP contribution in [0.4, 0.5) is 0 Å². The molecule has 0 rings (SSSR count). The van der Waals surface area contributed by atoms with E-state index in [4.69, 9.17) is 4.74 Å². The number of carbonyl (C=O) groups is 1. The number of aliphatic hydroxyl groups excluding tert-OH is 1. The van der Waals surface area contributed by atoms with Gasteiger partial charge in [0.1, 0.15) is 5.41 Å². The molecule has 17 heavy (non-hydrogen) atoms. The van der Waals surface area contributed by atoms with Crippen molar-refractivity contribution in [1.82, 2.24) is 0 Å². The quantitative estimate of drug-likeness (QED) is 0.595. The van der Waals surface area contributed by atoms with Crippen molar-refractivity contribution in [2.24, 2.45) is 16.7 Å². The highest BCUT2D eigenvalue weighted by Gasteiger charge is 2.47. The van der Waals surface area contributed by atoms with Gasteiger partial charge in [0.15, 0.2) is 0 Å². The summed E-state index contributed by atoms with van der Waals surface area (Å²) in [6.07, 6.45) is 3.54. The molecular weight excluding hydrogens is 216 g/mol. The summed E-state index contributed by atoms with van der Waals surface area (Å²) >= 11 is 0. The minimum atomic E-state index is -0.962. The molecule has 1 atom stereocenters. The first-order chi connectivity index (χ1) is 7.71. The topological polar surface area (TPSA) is 46.5 Å². The van der Waals surface area contributed by atoms with Crippen LogP contribution in [-0.2, 0) is 9.53 Å². The van der Waals surface area contributed by atoms with Crippen molar-refractivity contribution < 1.29 is 14.6 Å². The van der Waals surface area contributed by atoms with E-state index in [1.165, 1.54) is 0 Å². The summed E-state index contributed by atoms with van der Waals surface area (Å²) in [6, 6.07) is 0. The number of carbonyl (C=O) groups excluding carboxylic acids is 1. The Hall–Kier alpha value is -0.830. The minimum absolute atomic E-state index is 0.238. The van der Waals surface area contributed by atoms with Gasteiger partial charge in [-0.3, -0.25) is 4.79 Å². The van der Waals surface area contributed by atoms with Crippen LogP contribution < -0.4 is 0 Å². The number of rotatable bonds is 5. The molecule has 0 aromatic heterocycles. The van der Waals surface area contributed by atoms with E-state index in [1.807, 2.05) is 41.5 Å². The SMILES string of the molecule is C/C=C/C(CO)(C(=O)OCC(C)C)C(C)(C)C. The molecular formula is C14H26O3. The van der Waals surface area contributed by atoms with Crippen molar-refractivity contribution in [2.75, 3.05) is 13.2 Å². The van der Waals surface area contributed by atoms with Crippen LogP contribution in [0.2, 0.25) is 0 Å². The molecule has 1 unspecified atom stereocenters. The summed E-state index contributed by atoms with van der Waals surface area (Å²) in [6.45, 7) is 11.7. The molecule has 3 heteroatoms. The maximum absolute atomic E-state index is 12.2. The van der Waals surface area contributed by atoms with Gasteiger partial charge in [0.25, 0.3) is 0 Å². The molecule has 100 valence electrons. The van der Waals surface area contributed by atoms with Crippen LogP contribution in [0, 0.1) is 16.7 Å². The number of hydrogen-bond acceptors (Lipinski definition) is 3. The van der Waals surface area contributed by atoms with Crippen molar-refractivity contribution in [2.45, 2.75) is 41.5 Å².